The molecule has 1 aromatic rings. The first kappa shape index (κ1) is 11.3. The van der Waals surface area contributed by atoms with Crippen LogP contribution < -0.4 is 5.73 Å². The second-order valence-electron chi connectivity index (χ2n) is 3.84. The van der Waals surface area contributed by atoms with Gasteiger partial charge in [0, 0.05) is 6.04 Å². The van der Waals surface area contributed by atoms with Crippen LogP contribution in [0.3, 0.4) is 0 Å². The molecule has 1 heteroatoms. The maximum absolute atomic E-state index is 6.14. The summed E-state index contributed by atoms with van der Waals surface area (Å²) in [4.78, 5) is 0. The van der Waals surface area contributed by atoms with E-state index in [4.69, 9.17) is 5.73 Å². The first-order valence-corrected chi connectivity index (χ1v) is 5.63. The van der Waals surface area contributed by atoms with Crippen LogP contribution in [0.1, 0.15) is 50.3 Å². The molecule has 1 aromatic carbocycles. The van der Waals surface area contributed by atoms with E-state index >= 15 is 0 Å². The third-order valence-corrected chi connectivity index (χ3v) is 2.57. The number of hydrogen-bond acceptors (Lipinski definition) is 1. The summed E-state index contributed by atoms with van der Waals surface area (Å²) in [7, 11) is 0. The highest BCUT2D eigenvalue weighted by atomic mass is 14.6. The lowest BCUT2D eigenvalue weighted by atomic mass is 9.95. The average Bonchev–Trinajstić information content (AvgIpc) is 2.19. The van der Waals surface area contributed by atoms with Crippen LogP contribution in [0, 0.1) is 0 Å². The summed E-state index contributed by atoms with van der Waals surface area (Å²) in [5.41, 5.74) is 8.91. The maximum atomic E-state index is 6.14. The molecule has 0 aromatic heterocycles. The van der Waals surface area contributed by atoms with Crippen molar-refractivity contribution in [2.75, 3.05) is 0 Å². The van der Waals surface area contributed by atoms with Crippen LogP contribution in [-0.4, -0.2) is 0 Å². The standard InChI is InChI=1S/C13H21N/c1-3-7-11-9-5-6-10-12(11)13(14)8-4-2/h5-6,9-10,13H,3-4,7-8,14H2,1-2H3/t13-/m0/s1. The molecule has 1 rings (SSSR count). The van der Waals surface area contributed by atoms with Crippen molar-refractivity contribution in [3.05, 3.63) is 35.4 Å². The van der Waals surface area contributed by atoms with Gasteiger partial charge in [-0.25, -0.2) is 0 Å². The van der Waals surface area contributed by atoms with E-state index in [2.05, 4.69) is 38.1 Å². The Morgan fingerprint density at radius 3 is 2.50 bits per heavy atom. The van der Waals surface area contributed by atoms with Gasteiger partial charge in [-0.2, -0.15) is 0 Å². The number of benzene rings is 1. The van der Waals surface area contributed by atoms with Gasteiger partial charge in [-0.1, -0.05) is 51.0 Å². The van der Waals surface area contributed by atoms with Gasteiger partial charge >= 0.3 is 0 Å². The minimum atomic E-state index is 0.225. The van der Waals surface area contributed by atoms with Gasteiger partial charge in [0.1, 0.15) is 0 Å². The largest absolute Gasteiger partial charge is 0.324 e. The normalized spacial score (nSPS) is 12.8. The Bertz CT molecular complexity index is 268. The van der Waals surface area contributed by atoms with Gasteiger partial charge in [-0.05, 0) is 24.0 Å². The summed E-state index contributed by atoms with van der Waals surface area (Å²) < 4.78 is 0. The number of aryl methyl sites for hydroxylation is 1. The van der Waals surface area contributed by atoms with Gasteiger partial charge in [0.05, 0.1) is 0 Å². The fraction of sp³-hybridized carbons (Fsp3) is 0.538. The van der Waals surface area contributed by atoms with E-state index in [9.17, 15) is 0 Å². The molecule has 14 heavy (non-hydrogen) atoms. The zero-order valence-electron chi connectivity index (χ0n) is 9.29. The third-order valence-electron chi connectivity index (χ3n) is 2.57. The molecule has 0 fully saturated rings. The third kappa shape index (κ3) is 2.85. The lowest BCUT2D eigenvalue weighted by Gasteiger charge is -2.15. The van der Waals surface area contributed by atoms with E-state index in [-0.39, 0.29) is 6.04 Å². The van der Waals surface area contributed by atoms with Gasteiger partial charge in [0.2, 0.25) is 0 Å². The Morgan fingerprint density at radius 1 is 1.14 bits per heavy atom. The van der Waals surface area contributed by atoms with Gasteiger partial charge < -0.3 is 5.73 Å². The molecule has 78 valence electrons. The maximum Gasteiger partial charge on any atom is 0.0297 e. The van der Waals surface area contributed by atoms with Gasteiger partial charge in [-0.3, -0.25) is 0 Å². The average molecular weight is 191 g/mol. The van der Waals surface area contributed by atoms with Crippen molar-refractivity contribution in [3.63, 3.8) is 0 Å². The first-order chi connectivity index (χ1) is 6.79. The topological polar surface area (TPSA) is 26.0 Å². The highest BCUT2D eigenvalue weighted by Gasteiger charge is 2.08. The molecule has 2 N–H and O–H groups in total. The van der Waals surface area contributed by atoms with Crippen LogP contribution in [0.25, 0.3) is 0 Å². The summed E-state index contributed by atoms with van der Waals surface area (Å²) in [6.45, 7) is 4.39. The minimum absolute atomic E-state index is 0.225. The number of rotatable bonds is 5. The lowest BCUT2D eigenvalue weighted by Crippen LogP contribution is -2.12. The van der Waals surface area contributed by atoms with E-state index < -0.39 is 0 Å². The van der Waals surface area contributed by atoms with Crippen LogP contribution >= 0.6 is 0 Å². The van der Waals surface area contributed by atoms with Crippen molar-refractivity contribution < 1.29 is 0 Å². The molecule has 0 aliphatic carbocycles. The smallest absolute Gasteiger partial charge is 0.0297 e. The molecule has 0 spiro atoms. The summed E-state index contributed by atoms with van der Waals surface area (Å²) in [6.07, 6.45) is 4.58. The lowest BCUT2D eigenvalue weighted by molar-refractivity contribution is 0.631. The molecular weight excluding hydrogens is 170 g/mol. The first-order valence-electron chi connectivity index (χ1n) is 5.63. The van der Waals surface area contributed by atoms with Crippen molar-refractivity contribution in [3.8, 4) is 0 Å². The van der Waals surface area contributed by atoms with Crippen molar-refractivity contribution in [2.24, 2.45) is 5.73 Å². The van der Waals surface area contributed by atoms with E-state index in [0.29, 0.717) is 0 Å². The molecule has 0 amide bonds. The van der Waals surface area contributed by atoms with Crippen LogP contribution in [0.15, 0.2) is 24.3 Å². The predicted octanol–water partition coefficient (Wildman–Crippen LogP) is 3.44. The second-order valence-corrected chi connectivity index (χ2v) is 3.84. The Balaban J connectivity index is 2.82. The summed E-state index contributed by atoms with van der Waals surface area (Å²) in [5.74, 6) is 0. The minimum Gasteiger partial charge on any atom is -0.324 e. The molecule has 0 heterocycles. The monoisotopic (exact) mass is 191 g/mol. The highest BCUT2D eigenvalue weighted by Crippen LogP contribution is 2.20. The Kier molecular flexibility index (Phi) is 4.68. The van der Waals surface area contributed by atoms with Crippen LogP contribution in [0.2, 0.25) is 0 Å². The van der Waals surface area contributed by atoms with Gasteiger partial charge in [0.15, 0.2) is 0 Å². The van der Waals surface area contributed by atoms with E-state index in [1.165, 1.54) is 17.5 Å². The second kappa shape index (κ2) is 5.82. The predicted molar refractivity (Wildman–Crippen MR) is 62.3 cm³/mol. The Labute approximate surface area is 87.3 Å². The van der Waals surface area contributed by atoms with Gasteiger partial charge in [-0.15, -0.1) is 0 Å². The fourth-order valence-corrected chi connectivity index (χ4v) is 1.86. The van der Waals surface area contributed by atoms with Crippen LogP contribution in [0.5, 0.6) is 0 Å². The van der Waals surface area contributed by atoms with Crippen LogP contribution in [0.4, 0.5) is 0 Å². The van der Waals surface area contributed by atoms with Crippen molar-refractivity contribution in [1.82, 2.24) is 0 Å². The SMILES string of the molecule is CCCc1ccccc1[C@@H](N)CCC. The molecule has 0 unspecified atom stereocenters. The molecule has 0 saturated carbocycles. The van der Waals surface area contributed by atoms with Gasteiger partial charge in [0.25, 0.3) is 0 Å². The number of hydrogen-bond donors (Lipinski definition) is 1. The quantitative estimate of drug-likeness (QED) is 0.758. The number of nitrogens with two attached hydrogens (primary N) is 1. The summed E-state index contributed by atoms with van der Waals surface area (Å²) in [5, 5.41) is 0. The summed E-state index contributed by atoms with van der Waals surface area (Å²) >= 11 is 0. The highest BCUT2D eigenvalue weighted by molar-refractivity contribution is 5.29. The van der Waals surface area contributed by atoms with Crippen molar-refractivity contribution in [1.29, 1.82) is 0 Å². The molecular formula is C13H21N. The Morgan fingerprint density at radius 2 is 1.86 bits per heavy atom. The fourth-order valence-electron chi connectivity index (χ4n) is 1.86. The summed E-state index contributed by atoms with van der Waals surface area (Å²) in [6, 6.07) is 8.79. The molecule has 1 atom stereocenters. The Hall–Kier alpha value is -0.820. The molecule has 0 aliphatic heterocycles. The zero-order valence-corrected chi connectivity index (χ0v) is 9.29. The molecule has 0 bridgehead atoms. The van der Waals surface area contributed by atoms with E-state index in [1.807, 2.05) is 0 Å². The van der Waals surface area contributed by atoms with Crippen molar-refractivity contribution in [2.45, 2.75) is 45.6 Å². The molecule has 0 saturated heterocycles. The zero-order chi connectivity index (χ0) is 10.4. The molecule has 0 aliphatic rings. The van der Waals surface area contributed by atoms with Crippen LogP contribution in [-0.2, 0) is 6.42 Å². The molecule has 0 radical (unpaired) electrons. The van der Waals surface area contributed by atoms with Crippen molar-refractivity contribution >= 4 is 0 Å². The van der Waals surface area contributed by atoms with E-state index in [0.717, 1.165) is 19.3 Å². The molecule has 1 nitrogen and oxygen atoms in total. The van der Waals surface area contributed by atoms with E-state index in [1.54, 1.807) is 0 Å².